The average molecular weight is 285 g/mol. The van der Waals surface area contributed by atoms with E-state index in [9.17, 15) is 4.79 Å². The van der Waals surface area contributed by atoms with Crippen LogP contribution in [-0.4, -0.2) is 49.2 Å². The van der Waals surface area contributed by atoms with Gasteiger partial charge < -0.3 is 14.4 Å². The van der Waals surface area contributed by atoms with E-state index in [1.807, 2.05) is 0 Å². The Morgan fingerprint density at radius 2 is 2.37 bits per heavy atom. The van der Waals surface area contributed by atoms with Gasteiger partial charge in [-0.15, -0.1) is 0 Å². The summed E-state index contributed by atoms with van der Waals surface area (Å²) in [6.07, 6.45) is 2.59. The molecule has 2 heterocycles. The zero-order chi connectivity index (χ0) is 13.7. The maximum absolute atomic E-state index is 11.6. The predicted molar refractivity (Wildman–Crippen MR) is 72.4 cm³/mol. The molecule has 19 heavy (non-hydrogen) atoms. The zero-order valence-electron chi connectivity index (χ0n) is 11.3. The fraction of sp³-hybridized carbons (Fsp3) is 0.750. The minimum atomic E-state index is -0.131. The summed E-state index contributed by atoms with van der Waals surface area (Å²) in [7, 11) is 3.11. The number of carbonyl (C=O) groups excluding carboxylic acids is 1. The van der Waals surface area contributed by atoms with Crippen LogP contribution >= 0.6 is 11.5 Å². The van der Waals surface area contributed by atoms with Gasteiger partial charge in [0.25, 0.3) is 0 Å². The molecule has 1 atom stereocenters. The normalized spacial score (nSPS) is 19.5. The van der Waals surface area contributed by atoms with E-state index in [-0.39, 0.29) is 11.9 Å². The molecule has 0 aliphatic carbocycles. The van der Waals surface area contributed by atoms with Gasteiger partial charge in [0, 0.05) is 38.2 Å². The molecule has 0 bridgehead atoms. The molecule has 106 valence electrons. The summed E-state index contributed by atoms with van der Waals surface area (Å²) in [5.41, 5.74) is 0. The lowest BCUT2D eigenvalue weighted by Crippen LogP contribution is -2.39. The summed E-state index contributed by atoms with van der Waals surface area (Å²) in [6, 6.07) is 0. The number of esters is 1. The highest BCUT2D eigenvalue weighted by Crippen LogP contribution is 2.25. The largest absolute Gasteiger partial charge is 0.469 e. The van der Waals surface area contributed by atoms with Crippen LogP contribution < -0.4 is 4.90 Å². The second-order valence-corrected chi connectivity index (χ2v) is 5.27. The SMILES string of the molecule is COCCc1nsc(N2CCCC(C(=O)OC)C2)n1. The van der Waals surface area contributed by atoms with Crippen molar-refractivity contribution >= 4 is 22.6 Å². The number of methoxy groups -OCH3 is 2. The molecule has 0 spiro atoms. The minimum Gasteiger partial charge on any atom is -0.469 e. The van der Waals surface area contributed by atoms with E-state index in [0.29, 0.717) is 13.2 Å². The Morgan fingerprint density at radius 1 is 1.53 bits per heavy atom. The van der Waals surface area contributed by atoms with Crippen LogP contribution in [0.25, 0.3) is 0 Å². The summed E-state index contributed by atoms with van der Waals surface area (Å²) >= 11 is 1.39. The number of aromatic nitrogens is 2. The molecule has 0 N–H and O–H groups in total. The Balaban J connectivity index is 1.97. The van der Waals surface area contributed by atoms with E-state index in [2.05, 4.69) is 14.3 Å². The van der Waals surface area contributed by atoms with Crippen molar-refractivity contribution in [3.63, 3.8) is 0 Å². The highest BCUT2D eigenvalue weighted by molar-refractivity contribution is 7.09. The molecule has 1 unspecified atom stereocenters. The number of anilines is 1. The molecule has 1 aromatic heterocycles. The summed E-state index contributed by atoms with van der Waals surface area (Å²) in [5, 5.41) is 0.889. The van der Waals surface area contributed by atoms with Crippen LogP contribution in [0.15, 0.2) is 0 Å². The molecule has 7 heteroatoms. The standard InChI is InChI=1S/C12H19N3O3S/c1-17-7-5-10-13-12(19-14-10)15-6-3-4-9(8-15)11(16)18-2/h9H,3-8H2,1-2H3. The first-order chi connectivity index (χ1) is 9.24. The molecule has 6 nitrogen and oxygen atoms in total. The van der Waals surface area contributed by atoms with Crippen molar-refractivity contribution in [3.8, 4) is 0 Å². The van der Waals surface area contributed by atoms with Crippen molar-refractivity contribution in [1.29, 1.82) is 0 Å². The third-order valence-electron chi connectivity index (χ3n) is 3.21. The van der Waals surface area contributed by atoms with E-state index in [1.165, 1.54) is 18.6 Å². The molecule has 1 aliphatic rings. The van der Waals surface area contributed by atoms with E-state index in [0.717, 1.165) is 36.8 Å². The van der Waals surface area contributed by atoms with Gasteiger partial charge in [-0.05, 0) is 12.8 Å². The zero-order valence-corrected chi connectivity index (χ0v) is 12.1. The van der Waals surface area contributed by atoms with Gasteiger partial charge in [0.15, 0.2) is 0 Å². The number of nitrogens with zero attached hydrogens (tertiary/aromatic N) is 3. The second kappa shape index (κ2) is 6.81. The number of carbonyl (C=O) groups is 1. The Bertz CT molecular complexity index is 424. The lowest BCUT2D eigenvalue weighted by Gasteiger charge is -2.30. The maximum atomic E-state index is 11.6. The van der Waals surface area contributed by atoms with Gasteiger partial charge in [0.05, 0.1) is 19.6 Å². The highest BCUT2D eigenvalue weighted by atomic mass is 32.1. The summed E-state index contributed by atoms with van der Waals surface area (Å²) in [6.45, 7) is 2.22. The minimum absolute atomic E-state index is 0.0509. The van der Waals surface area contributed by atoms with Gasteiger partial charge in [0.2, 0.25) is 5.13 Å². The molecule has 0 saturated carbocycles. The lowest BCUT2D eigenvalue weighted by molar-refractivity contribution is -0.145. The first kappa shape index (κ1) is 14.2. The van der Waals surface area contributed by atoms with Gasteiger partial charge in [-0.25, -0.2) is 4.98 Å². The molecular weight excluding hydrogens is 266 g/mol. The fourth-order valence-electron chi connectivity index (χ4n) is 2.18. The highest BCUT2D eigenvalue weighted by Gasteiger charge is 2.28. The number of ether oxygens (including phenoxy) is 2. The third kappa shape index (κ3) is 3.63. The van der Waals surface area contributed by atoms with Crippen molar-refractivity contribution in [2.45, 2.75) is 19.3 Å². The molecule has 0 radical (unpaired) electrons. The van der Waals surface area contributed by atoms with Gasteiger partial charge >= 0.3 is 5.97 Å². The van der Waals surface area contributed by atoms with Crippen LogP contribution in [0.5, 0.6) is 0 Å². The van der Waals surface area contributed by atoms with E-state index < -0.39 is 0 Å². The molecule has 1 saturated heterocycles. The Labute approximate surface area is 116 Å². The molecule has 0 amide bonds. The Hall–Kier alpha value is -1.21. The Morgan fingerprint density at radius 3 is 3.11 bits per heavy atom. The van der Waals surface area contributed by atoms with Crippen LogP contribution in [-0.2, 0) is 20.7 Å². The predicted octanol–water partition coefficient (Wildman–Crippen LogP) is 1.12. The number of hydrogen-bond donors (Lipinski definition) is 0. The lowest BCUT2D eigenvalue weighted by atomic mass is 9.99. The average Bonchev–Trinajstić information content (AvgIpc) is 2.93. The van der Waals surface area contributed by atoms with E-state index >= 15 is 0 Å². The van der Waals surface area contributed by atoms with Crippen LogP contribution in [0.2, 0.25) is 0 Å². The van der Waals surface area contributed by atoms with Crippen molar-refractivity contribution < 1.29 is 14.3 Å². The van der Waals surface area contributed by atoms with Crippen LogP contribution in [0, 0.1) is 5.92 Å². The van der Waals surface area contributed by atoms with Crippen molar-refractivity contribution in [2.24, 2.45) is 5.92 Å². The second-order valence-electron chi connectivity index (χ2n) is 4.54. The van der Waals surface area contributed by atoms with E-state index in [4.69, 9.17) is 9.47 Å². The number of piperidine rings is 1. The molecular formula is C12H19N3O3S. The van der Waals surface area contributed by atoms with Gasteiger partial charge in [-0.3, -0.25) is 4.79 Å². The molecule has 1 aliphatic heterocycles. The smallest absolute Gasteiger partial charge is 0.310 e. The van der Waals surface area contributed by atoms with Gasteiger partial charge in [-0.2, -0.15) is 4.37 Å². The van der Waals surface area contributed by atoms with Crippen LogP contribution in [0.4, 0.5) is 5.13 Å². The van der Waals surface area contributed by atoms with Gasteiger partial charge in [0.1, 0.15) is 5.82 Å². The maximum Gasteiger partial charge on any atom is 0.310 e. The van der Waals surface area contributed by atoms with Crippen molar-refractivity contribution in [2.75, 3.05) is 38.8 Å². The number of hydrogen-bond acceptors (Lipinski definition) is 7. The van der Waals surface area contributed by atoms with Crippen molar-refractivity contribution in [3.05, 3.63) is 5.82 Å². The summed E-state index contributed by atoms with van der Waals surface area (Å²) in [4.78, 5) is 18.2. The summed E-state index contributed by atoms with van der Waals surface area (Å²) < 4.78 is 14.1. The molecule has 2 rings (SSSR count). The monoisotopic (exact) mass is 285 g/mol. The van der Waals surface area contributed by atoms with E-state index in [1.54, 1.807) is 7.11 Å². The first-order valence-corrected chi connectivity index (χ1v) is 7.16. The van der Waals surface area contributed by atoms with Crippen LogP contribution in [0.3, 0.4) is 0 Å². The molecule has 1 fully saturated rings. The fourth-order valence-corrected chi connectivity index (χ4v) is 2.92. The first-order valence-electron chi connectivity index (χ1n) is 6.39. The number of rotatable bonds is 5. The molecule has 1 aromatic rings. The van der Waals surface area contributed by atoms with Gasteiger partial charge in [-0.1, -0.05) is 0 Å². The topological polar surface area (TPSA) is 64.5 Å². The van der Waals surface area contributed by atoms with Crippen LogP contribution in [0.1, 0.15) is 18.7 Å². The quantitative estimate of drug-likeness (QED) is 0.755. The van der Waals surface area contributed by atoms with Crippen molar-refractivity contribution in [1.82, 2.24) is 9.36 Å². The summed E-state index contributed by atoms with van der Waals surface area (Å²) in [5.74, 6) is 0.626. The Kier molecular flexibility index (Phi) is 5.09. The molecule has 0 aromatic carbocycles. The third-order valence-corrected chi connectivity index (χ3v) is 4.03.